The first-order valence-electron chi connectivity index (χ1n) is 6.22. The molecular formula is C13H25NS. The second kappa shape index (κ2) is 3.66. The summed E-state index contributed by atoms with van der Waals surface area (Å²) in [5.41, 5.74) is 0.998. The van der Waals surface area contributed by atoms with Crippen molar-refractivity contribution in [2.45, 2.75) is 58.2 Å². The van der Waals surface area contributed by atoms with Gasteiger partial charge in [-0.2, -0.15) is 0 Å². The Morgan fingerprint density at radius 1 is 0.933 bits per heavy atom. The smallest absolute Gasteiger partial charge is 0.0655 e. The van der Waals surface area contributed by atoms with Gasteiger partial charge in [-0.05, 0) is 48.8 Å². The van der Waals surface area contributed by atoms with Crippen LogP contribution in [-0.2, 0) is 0 Å². The van der Waals surface area contributed by atoms with Gasteiger partial charge in [-0.1, -0.05) is 27.7 Å². The molecule has 0 atom stereocenters. The SMILES string of the molecule is CC1(C)CC(C)(C)CC2(C1)NCCCS2. The molecule has 0 bridgehead atoms. The van der Waals surface area contributed by atoms with Crippen molar-refractivity contribution in [2.24, 2.45) is 10.8 Å². The highest BCUT2D eigenvalue weighted by Crippen LogP contribution is 2.54. The summed E-state index contributed by atoms with van der Waals surface area (Å²) in [5.74, 6) is 1.35. The number of thioether (sulfide) groups is 1. The van der Waals surface area contributed by atoms with E-state index in [1.54, 1.807) is 0 Å². The first kappa shape index (κ1) is 11.8. The quantitative estimate of drug-likeness (QED) is 0.678. The Balaban J connectivity index is 2.18. The molecule has 1 saturated heterocycles. The summed E-state index contributed by atoms with van der Waals surface area (Å²) in [7, 11) is 0. The minimum absolute atomic E-state index is 0.392. The van der Waals surface area contributed by atoms with Gasteiger partial charge in [-0.25, -0.2) is 0 Å². The van der Waals surface area contributed by atoms with E-state index in [2.05, 4.69) is 44.8 Å². The van der Waals surface area contributed by atoms with Crippen LogP contribution in [0.3, 0.4) is 0 Å². The summed E-state index contributed by atoms with van der Waals surface area (Å²) in [6.45, 7) is 11.0. The molecular weight excluding hydrogens is 202 g/mol. The highest BCUT2D eigenvalue weighted by Gasteiger charge is 2.48. The van der Waals surface area contributed by atoms with Crippen LogP contribution in [0.15, 0.2) is 0 Å². The molecule has 0 amide bonds. The third kappa shape index (κ3) is 2.71. The van der Waals surface area contributed by atoms with Crippen LogP contribution in [0.1, 0.15) is 53.4 Å². The van der Waals surface area contributed by atoms with E-state index in [1.165, 1.54) is 38.0 Å². The van der Waals surface area contributed by atoms with Gasteiger partial charge < -0.3 is 5.32 Å². The van der Waals surface area contributed by atoms with E-state index in [9.17, 15) is 0 Å². The first-order chi connectivity index (χ1) is 6.83. The lowest BCUT2D eigenvalue weighted by molar-refractivity contribution is 0.0696. The number of rotatable bonds is 0. The normalized spacial score (nSPS) is 32.8. The minimum Gasteiger partial charge on any atom is -0.303 e. The fraction of sp³-hybridized carbons (Fsp3) is 1.00. The molecule has 1 N–H and O–H groups in total. The third-order valence-electron chi connectivity index (χ3n) is 3.63. The molecule has 15 heavy (non-hydrogen) atoms. The highest BCUT2D eigenvalue weighted by molar-refractivity contribution is 8.00. The molecule has 2 fully saturated rings. The molecule has 0 aromatic rings. The molecule has 1 aliphatic heterocycles. The van der Waals surface area contributed by atoms with E-state index in [-0.39, 0.29) is 0 Å². The van der Waals surface area contributed by atoms with Crippen LogP contribution in [0.2, 0.25) is 0 Å². The Kier molecular flexibility index (Phi) is 2.88. The zero-order valence-corrected chi connectivity index (χ0v) is 11.5. The lowest BCUT2D eigenvalue weighted by Gasteiger charge is -2.53. The molecule has 1 aliphatic carbocycles. The Morgan fingerprint density at radius 3 is 2.00 bits per heavy atom. The van der Waals surface area contributed by atoms with Gasteiger partial charge in [0, 0.05) is 0 Å². The average Bonchev–Trinajstić information content (AvgIpc) is 1.97. The fourth-order valence-electron chi connectivity index (χ4n) is 3.96. The molecule has 2 heteroatoms. The van der Waals surface area contributed by atoms with Gasteiger partial charge >= 0.3 is 0 Å². The molecule has 2 aliphatic rings. The molecule has 0 aromatic carbocycles. The van der Waals surface area contributed by atoms with Crippen LogP contribution in [0, 0.1) is 10.8 Å². The van der Waals surface area contributed by atoms with E-state index in [4.69, 9.17) is 0 Å². The molecule has 2 rings (SSSR count). The number of hydrogen-bond donors (Lipinski definition) is 1. The zero-order valence-electron chi connectivity index (χ0n) is 10.7. The Morgan fingerprint density at radius 2 is 1.53 bits per heavy atom. The average molecular weight is 227 g/mol. The van der Waals surface area contributed by atoms with E-state index >= 15 is 0 Å². The first-order valence-corrected chi connectivity index (χ1v) is 7.20. The second-order valence-corrected chi connectivity index (χ2v) is 8.46. The van der Waals surface area contributed by atoms with Gasteiger partial charge in [0.15, 0.2) is 0 Å². The monoisotopic (exact) mass is 227 g/mol. The maximum Gasteiger partial charge on any atom is 0.0655 e. The van der Waals surface area contributed by atoms with Crippen molar-refractivity contribution < 1.29 is 0 Å². The van der Waals surface area contributed by atoms with E-state index in [0.717, 1.165) is 0 Å². The van der Waals surface area contributed by atoms with Crippen LogP contribution >= 0.6 is 11.8 Å². The van der Waals surface area contributed by atoms with Gasteiger partial charge in [-0.3, -0.25) is 0 Å². The van der Waals surface area contributed by atoms with Crippen molar-refractivity contribution in [3.05, 3.63) is 0 Å². The topological polar surface area (TPSA) is 12.0 Å². The van der Waals surface area contributed by atoms with Gasteiger partial charge in [0.1, 0.15) is 0 Å². The van der Waals surface area contributed by atoms with Gasteiger partial charge in [-0.15, -0.1) is 11.8 Å². The predicted molar refractivity (Wildman–Crippen MR) is 69.2 cm³/mol. The van der Waals surface area contributed by atoms with E-state index in [0.29, 0.717) is 15.7 Å². The van der Waals surface area contributed by atoms with E-state index < -0.39 is 0 Å². The lowest BCUT2D eigenvalue weighted by Crippen LogP contribution is -2.55. The molecule has 1 heterocycles. The van der Waals surface area contributed by atoms with Crippen molar-refractivity contribution in [3.8, 4) is 0 Å². The minimum atomic E-state index is 0.392. The van der Waals surface area contributed by atoms with Gasteiger partial charge in [0.05, 0.1) is 4.87 Å². The maximum atomic E-state index is 3.81. The van der Waals surface area contributed by atoms with Crippen LogP contribution in [-0.4, -0.2) is 17.2 Å². The summed E-state index contributed by atoms with van der Waals surface area (Å²) in [6.07, 6.45) is 5.39. The van der Waals surface area contributed by atoms with Crippen molar-refractivity contribution in [3.63, 3.8) is 0 Å². The molecule has 1 spiro atoms. The molecule has 1 saturated carbocycles. The summed E-state index contributed by atoms with van der Waals surface area (Å²) >= 11 is 2.18. The molecule has 88 valence electrons. The number of hydrogen-bond acceptors (Lipinski definition) is 2. The van der Waals surface area contributed by atoms with Gasteiger partial charge in [0.25, 0.3) is 0 Å². The highest BCUT2D eigenvalue weighted by atomic mass is 32.2. The Hall–Kier alpha value is 0.310. The van der Waals surface area contributed by atoms with Crippen LogP contribution in [0.4, 0.5) is 0 Å². The predicted octanol–water partition coefficient (Wildman–Crippen LogP) is 3.65. The molecule has 0 unspecified atom stereocenters. The second-order valence-electron chi connectivity index (χ2n) is 6.98. The third-order valence-corrected chi connectivity index (χ3v) is 5.11. The summed E-state index contributed by atoms with van der Waals surface area (Å²) in [4.78, 5) is 0.392. The van der Waals surface area contributed by atoms with Crippen LogP contribution in [0.5, 0.6) is 0 Å². The van der Waals surface area contributed by atoms with E-state index in [1.807, 2.05) is 0 Å². The largest absolute Gasteiger partial charge is 0.303 e. The van der Waals surface area contributed by atoms with Crippen molar-refractivity contribution in [2.75, 3.05) is 12.3 Å². The van der Waals surface area contributed by atoms with Crippen LogP contribution in [0.25, 0.3) is 0 Å². The molecule has 0 aromatic heterocycles. The maximum absolute atomic E-state index is 3.81. The number of nitrogens with one attached hydrogen (secondary N) is 1. The van der Waals surface area contributed by atoms with Crippen molar-refractivity contribution >= 4 is 11.8 Å². The Labute approximate surface area is 98.8 Å². The summed E-state index contributed by atoms with van der Waals surface area (Å²) in [6, 6.07) is 0. The lowest BCUT2D eigenvalue weighted by atomic mass is 9.63. The molecule has 1 nitrogen and oxygen atoms in total. The van der Waals surface area contributed by atoms with Crippen molar-refractivity contribution in [1.29, 1.82) is 0 Å². The Bertz CT molecular complexity index is 221. The summed E-state index contributed by atoms with van der Waals surface area (Å²) < 4.78 is 0. The van der Waals surface area contributed by atoms with Gasteiger partial charge in [0.2, 0.25) is 0 Å². The van der Waals surface area contributed by atoms with Crippen molar-refractivity contribution in [1.82, 2.24) is 5.32 Å². The standard InChI is InChI=1S/C13H25NS/c1-11(2)8-12(3,4)10-13(9-11)14-6-5-7-15-13/h14H,5-10H2,1-4H3. The van der Waals surface area contributed by atoms with Crippen LogP contribution < -0.4 is 5.32 Å². The summed E-state index contributed by atoms with van der Waals surface area (Å²) in [5, 5.41) is 3.81. The molecule has 0 radical (unpaired) electrons. The fourth-order valence-corrected chi connectivity index (χ4v) is 5.83. The zero-order chi connectivity index (χ0) is 11.2.